The number of carbonyl (C=O) groups excluding carboxylic acids is 1. The molecule has 0 saturated heterocycles. The van der Waals surface area contributed by atoms with E-state index in [0.717, 1.165) is 11.3 Å². The molecule has 116 valence electrons. The van der Waals surface area contributed by atoms with Gasteiger partial charge in [0.25, 0.3) is 5.91 Å². The summed E-state index contributed by atoms with van der Waals surface area (Å²) in [6, 6.07) is 8.58. The van der Waals surface area contributed by atoms with Crippen molar-refractivity contribution in [2.24, 2.45) is 0 Å². The Balaban J connectivity index is 1.97. The van der Waals surface area contributed by atoms with Gasteiger partial charge in [-0.1, -0.05) is 38.2 Å². The van der Waals surface area contributed by atoms with Crippen LogP contribution in [0.4, 0.5) is 5.69 Å². The highest BCUT2D eigenvalue weighted by Crippen LogP contribution is 2.21. The Bertz CT molecular complexity index is 448. The monoisotopic (exact) mass is 288 g/mol. The molecule has 0 radical (unpaired) electrons. The van der Waals surface area contributed by atoms with Crippen molar-refractivity contribution < 1.29 is 4.79 Å². The van der Waals surface area contributed by atoms with Crippen molar-refractivity contribution >= 4 is 11.6 Å². The van der Waals surface area contributed by atoms with Gasteiger partial charge in [0.05, 0.1) is 0 Å². The molecule has 0 heterocycles. The Morgan fingerprint density at radius 1 is 1.10 bits per heavy atom. The molecular formula is C18H28N2O. The normalized spacial score (nSPS) is 17.1. The smallest absolute Gasteiger partial charge is 0.251 e. The molecule has 1 fully saturated rings. The number of rotatable bonds is 4. The zero-order valence-electron chi connectivity index (χ0n) is 13.3. The predicted molar refractivity (Wildman–Crippen MR) is 88.8 cm³/mol. The summed E-state index contributed by atoms with van der Waals surface area (Å²) in [7, 11) is 0. The molecule has 0 aromatic heterocycles. The fourth-order valence-electron chi connectivity index (χ4n) is 2.93. The van der Waals surface area contributed by atoms with Crippen molar-refractivity contribution in [3.05, 3.63) is 29.8 Å². The van der Waals surface area contributed by atoms with Gasteiger partial charge in [0.1, 0.15) is 0 Å². The van der Waals surface area contributed by atoms with Crippen LogP contribution in [0.3, 0.4) is 0 Å². The van der Waals surface area contributed by atoms with E-state index in [4.69, 9.17) is 0 Å². The molecule has 1 saturated carbocycles. The molecule has 2 rings (SSSR count). The highest BCUT2D eigenvalue weighted by atomic mass is 16.1. The first kappa shape index (κ1) is 15.9. The Hall–Kier alpha value is -1.51. The SMILES string of the molecule is CC(C)NC(=O)c1cccc(NC2CCCCCCC2)c1. The minimum absolute atomic E-state index is 0.00585. The molecule has 0 aliphatic heterocycles. The Morgan fingerprint density at radius 3 is 2.43 bits per heavy atom. The second-order valence-electron chi connectivity index (χ2n) is 6.40. The molecule has 1 aliphatic carbocycles. The van der Waals surface area contributed by atoms with Crippen molar-refractivity contribution in [1.82, 2.24) is 5.32 Å². The number of amides is 1. The van der Waals surface area contributed by atoms with Crippen LogP contribution in [0.15, 0.2) is 24.3 Å². The standard InChI is InChI=1S/C18H28N2O/c1-14(2)19-18(21)15-9-8-12-17(13-15)20-16-10-6-4-3-5-7-11-16/h8-9,12-14,16,20H,3-7,10-11H2,1-2H3,(H,19,21). The number of nitrogens with one attached hydrogen (secondary N) is 2. The lowest BCUT2D eigenvalue weighted by Crippen LogP contribution is -2.30. The fourth-order valence-corrected chi connectivity index (χ4v) is 2.93. The number of benzene rings is 1. The summed E-state index contributed by atoms with van der Waals surface area (Å²) < 4.78 is 0. The molecule has 2 N–H and O–H groups in total. The van der Waals surface area contributed by atoms with Gasteiger partial charge < -0.3 is 10.6 Å². The van der Waals surface area contributed by atoms with E-state index in [2.05, 4.69) is 16.7 Å². The van der Waals surface area contributed by atoms with Gasteiger partial charge in [-0.2, -0.15) is 0 Å². The maximum Gasteiger partial charge on any atom is 0.251 e. The van der Waals surface area contributed by atoms with Crippen LogP contribution >= 0.6 is 0 Å². The molecule has 1 aromatic carbocycles. The molecule has 1 aromatic rings. The van der Waals surface area contributed by atoms with Crippen molar-refractivity contribution in [3.8, 4) is 0 Å². The van der Waals surface area contributed by atoms with Gasteiger partial charge in [0, 0.05) is 23.3 Å². The first-order valence-electron chi connectivity index (χ1n) is 8.32. The summed E-state index contributed by atoms with van der Waals surface area (Å²) in [4.78, 5) is 12.1. The second-order valence-corrected chi connectivity index (χ2v) is 6.40. The van der Waals surface area contributed by atoms with Crippen LogP contribution in [0.5, 0.6) is 0 Å². The van der Waals surface area contributed by atoms with Crippen LogP contribution < -0.4 is 10.6 Å². The Labute approximate surface area is 128 Å². The van der Waals surface area contributed by atoms with E-state index in [-0.39, 0.29) is 11.9 Å². The Kier molecular flexibility index (Phi) is 6.09. The van der Waals surface area contributed by atoms with Gasteiger partial charge in [-0.15, -0.1) is 0 Å². The van der Waals surface area contributed by atoms with Crippen molar-refractivity contribution in [2.45, 2.75) is 70.9 Å². The fraction of sp³-hybridized carbons (Fsp3) is 0.611. The molecule has 0 bridgehead atoms. The van der Waals surface area contributed by atoms with Gasteiger partial charge in [0.15, 0.2) is 0 Å². The number of hydrogen-bond donors (Lipinski definition) is 2. The molecule has 1 aliphatic rings. The maximum absolute atomic E-state index is 12.1. The summed E-state index contributed by atoms with van der Waals surface area (Å²) in [5.74, 6) is 0.00585. The molecule has 0 spiro atoms. The molecule has 3 heteroatoms. The average Bonchev–Trinajstić information content (AvgIpc) is 2.41. The van der Waals surface area contributed by atoms with E-state index in [9.17, 15) is 4.79 Å². The molecule has 3 nitrogen and oxygen atoms in total. The van der Waals surface area contributed by atoms with E-state index >= 15 is 0 Å². The molecule has 0 atom stereocenters. The van der Waals surface area contributed by atoms with Crippen LogP contribution in [0.2, 0.25) is 0 Å². The van der Waals surface area contributed by atoms with Gasteiger partial charge in [-0.3, -0.25) is 4.79 Å². The van der Waals surface area contributed by atoms with E-state index in [1.807, 2.05) is 32.0 Å². The zero-order valence-corrected chi connectivity index (χ0v) is 13.3. The van der Waals surface area contributed by atoms with Crippen molar-refractivity contribution in [1.29, 1.82) is 0 Å². The average molecular weight is 288 g/mol. The quantitative estimate of drug-likeness (QED) is 0.865. The number of hydrogen-bond acceptors (Lipinski definition) is 2. The molecule has 0 unspecified atom stereocenters. The summed E-state index contributed by atoms with van der Waals surface area (Å²) in [6.07, 6.45) is 9.20. The van der Waals surface area contributed by atoms with Gasteiger partial charge >= 0.3 is 0 Å². The molecular weight excluding hydrogens is 260 g/mol. The van der Waals surface area contributed by atoms with E-state index < -0.39 is 0 Å². The van der Waals surface area contributed by atoms with Gasteiger partial charge in [-0.25, -0.2) is 0 Å². The third-order valence-corrected chi connectivity index (χ3v) is 4.02. The van der Waals surface area contributed by atoms with Gasteiger partial charge in [-0.05, 0) is 44.9 Å². The lowest BCUT2D eigenvalue weighted by atomic mass is 9.96. The largest absolute Gasteiger partial charge is 0.382 e. The minimum Gasteiger partial charge on any atom is -0.382 e. The van der Waals surface area contributed by atoms with E-state index in [1.54, 1.807) is 0 Å². The number of carbonyl (C=O) groups is 1. The highest BCUT2D eigenvalue weighted by Gasteiger charge is 2.12. The highest BCUT2D eigenvalue weighted by molar-refractivity contribution is 5.95. The lowest BCUT2D eigenvalue weighted by molar-refractivity contribution is 0.0943. The lowest BCUT2D eigenvalue weighted by Gasteiger charge is -2.22. The second kappa shape index (κ2) is 8.06. The van der Waals surface area contributed by atoms with Crippen LogP contribution in [-0.4, -0.2) is 18.0 Å². The summed E-state index contributed by atoms with van der Waals surface area (Å²) in [6.45, 7) is 3.96. The Morgan fingerprint density at radius 2 is 1.76 bits per heavy atom. The number of anilines is 1. The van der Waals surface area contributed by atoms with E-state index in [0.29, 0.717) is 6.04 Å². The first-order chi connectivity index (χ1) is 10.1. The van der Waals surface area contributed by atoms with Crippen LogP contribution in [0.1, 0.15) is 69.2 Å². The predicted octanol–water partition coefficient (Wildman–Crippen LogP) is 4.35. The zero-order chi connectivity index (χ0) is 15.1. The van der Waals surface area contributed by atoms with Crippen molar-refractivity contribution in [3.63, 3.8) is 0 Å². The first-order valence-corrected chi connectivity index (χ1v) is 8.32. The van der Waals surface area contributed by atoms with Gasteiger partial charge in [0.2, 0.25) is 0 Å². The van der Waals surface area contributed by atoms with Crippen LogP contribution in [0.25, 0.3) is 0 Å². The molecule has 21 heavy (non-hydrogen) atoms. The van der Waals surface area contributed by atoms with E-state index in [1.165, 1.54) is 44.9 Å². The topological polar surface area (TPSA) is 41.1 Å². The molecule has 1 amide bonds. The van der Waals surface area contributed by atoms with Crippen molar-refractivity contribution in [2.75, 3.05) is 5.32 Å². The summed E-state index contributed by atoms with van der Waals surface area (Å²) >= 11 is 0. The van der Waals surface area contributed by atoms with Crippen LogP contribution in [0, 0.1) is 0 Å². The summed E-state index contributed by atoms with van der Waals surface area (Å²) in [5.41, 5.74) is 1.80. The van der Waals surface area contributed by atoms with Crippen LogP contribution in [-0.2, 0) is 0 Å². The third-order valence-electron chi connectivity index (χ3n) is 4.02. The minimum atomic E-state index is 0.00585. The summed E-state index contributed by atoms with van der Waals surface area (Å²) in [5, 5.41) is 6.56. The third kappa shape index (κ3) is 5.41. The maximum atomic E-state index is 12.1.